The number of rotatable bonds is 7. The van der Waals surface area contributed by atoms with Gasteiger partial charge < -0.3 is 10.1 Å². The third kappa shape index (κ3) is 5.50. The molecule has 0 radical (unpaired) electrons. The molecule has 3 nitrogen and oxygen atoms in total. The monoisotopic (exact) mass is 235 g/mol. The van der Waals surface area contributed by atoms with Gasteiger partial charge in [0.15, 0.2) is 0 Å². The van der Waals surface area contributed by atoms with Gasteiger partial charge in [0.1, 0.15) is 0 Å². The van der Waals surface area contributed by atoms with Crippen LogP contribution in [0.3, 0.4) is 0 Å². The van der Waals surface area contributed by atoms with Crippen molar-refractivity contribution in [1.29, 1.82) is 0 Å². The fourth-order valence-corrected chi connectivity index (χ4v) is 1.44. The molecule has 0 saturated carbocycles. The quantitative estimate of drug-likeness (QED) is 0.738. The van der Waals surface area contributed by atoms with Crippen LogP contribution in [0.5, 0.6) is 0 Å². The van der Waals surface area contributed by atoms with Crippen LogP contribution in [0.15, 0.2) is 30.3 Å². The Morgan fingerprint density at radius 1 is 1.35 bits per heavy atom. The molecule has 1 rings (SSSR count). The van der Waals surface area contributed by atoms with Crippen LogP contribution in [0.1, 0.15) is 37.0 Å². The number of ether oxygens (including phenoxy) is 1. The standard InChI is InChI=1S/C14H21NO2/c1-3-4-10-17-11-12(2)15-14(16)13-8-6-5-7-9-13/h5-9,12H,3-4,10-11H2,1-2H3,(H,15,16)/t12-/m1/s1. The van der Waals surface area contributed by atoms with E-state index in [0.29, 0.717) is 12.2 Å². The highest BCUT2D eigenvalue weighted by molar-refractivity contribution is 5.94. The van der Waals surface area contributed by atoms with Gasteiger partial charge >= 0.3 is 0 Å². The average Bonchev–Trinajstić information content (AvgIpc) is 2.36. The van der Waals surface area contributed by atoms with Crippen LogP contribution >= 0.6 is 0 Å². The van der Waals surface area contributed by atoms with Crippen molar-refractivity contribution < 1.29 is 9.53 Å². The molecule has 94 valence electrons. The summed E-state index contributed by atoms with van der Waals surface area (Å²) in [7, 11) is 0. The molecule has 0 bridgehead atoms. The number of amides is 1. The van der Waals surface area contributed by atoms with Crippen molar-refractivity contribution >= 4 is 5.91 Å². The van der Waals surface area contributed by atoms with Gasteiger partial charge in [-0.1, -0.05) is 31.5 Å². The van der Waals surface area contributed by atoms with Gasteiger partial charge in [0.05, 0.1) is 6.61 Å². The van der Waals surface area contributed by atoms with Gasteiger partial charge in [-0.15, -0.1) is 0 Å². The van der Waals surface area contributed by atoms with Gasteiger partial charge in [-0.3, -0.25) is 4.79 Å². The van der Waals surface area contributed by atoms with Gasteiger partial charge in [0, 0.05) is 18.2 Å². The maximum Gasteiger partial charge on any atom is 0.251 e. The van der Waals surface area contributed by atoms with Crippen LogP contribution in [0.2, 0.25) is 0 Å². The van der Waals surface area contributed by atoms with E-state index in [1.807, 2.05) is 25.1 Å². The number of unbranched alkanes of at least 4 members (excludes halogenated alkanes) is 1. The Balaban J connectivity index is 2.26. The predicted molar refractivity (Wildman–Crippen MR) is 69.1 cm³/mol. The third-order valence-corrected chi connectivity index (χ3v) is 2.42. The van der Waals surface area contributed by atoms with Crippen molar-refractivity contribution in [2.45, 2.75) is 32.7 Å². The molecule has 0 heterocycles. The zero-order valence-electron chi connectivity index (χ0n) is 10.6. The summed E-state index contributed by atoms with van der Waals surface area (Å²) >= 11 is 0. The van der Waals surface area contributed by atoms with Gasteiger partial charge in [-0.25, -0.2) is 0 Å². The minimum atomic E-state index is -0.0443. The molecule has 1 atom stereocenters. The minimum absolute atomic E-state index is 0.0413. The molecule has 1 amide bonds. The zero-order chi connectivity index (χ0) is 12.5. The van der Waals surface area contributed by atoms with E-state index in [1.54, 1.807) is 12.1 Å². The van der Waals surface area contributed by atoms with E-state index in [4.69, 9.17) is 4.74 Å². The summed E-state index contributed by atoms with van der Waals surface area (Å²) < 4.78 is 5.46. The van der Waals surface area contributed by atoms with E-state index in [0.717, 1.165) is 19.4 Å². The Bertz CT molecular complexity index is 324. The number of hydrogen-bond donors (Lipinski definition) is 1. The van der Waals surface area contributed by atoms with Crippen molar-refractivity contribution in [2.75, 3.05) is 13.2 Å². The summed E-state index contributed by atoms with van der Waals surface area (Å²) in [6, 6.07) is 9.27. The Kier molecular flexibility index (Phi) is 6.33. The molecular weight excluding hydrogens is 214 g/mol. The zero-order valence-corrected chi connectivity index (χ0v) is 10.6. The lowest BCUT2D eigenvalue weighted by Crippen LogP contribution is -2.35. The lowest BCUT2D eigenvalue weighted by atomic mass is 10.2. The van der Waals surface area contributed by atoms with Gasteiger partial charge in [0.2, 0.25) is 0 Å². The van der Waals surface area contributed by atoms with E-state index >= 15 is 0 Å². The van der Waals surface area contributed by atoms with E-state index < -0.39 is 0 Å². The Morgan fingerprint density at radius 3 is 2.71 bits per heavy atom. The van der Waals surface area contributed by atoms with E-state index in [9.17, 15) is 4.79 Å². The molecule has 0 spiro atoms. The molecule has 0 aliphatic carbocycles. The van der Waals surface area contributed by atoms with Crippen LogP contribution < -0.4 is 5.32 Å². The summed E-state index contributed by atoms with van der Waals surface area (Å²) in [6.45, 7) is 5.41. The highest BCUT2D eigenvalue weighted by atomic mass is 16.5. The molecular formula is C14H21NO2. The van der Waals surface area contributed by atoms with Crippen molar-refractivity contribution in [3.8, 4) is 0 Å². The second-order valence-corrected chi connectivity index (χ2v) is 4.17. The lowest BCUT2D eigenvalue weighted by molar-refractivity contribution is 0.0849. The Morgan fingerprint density at radius 2 is 2.06 bits per heavy atom. The lowest BCUT2D eigenvalue weighted by Gasteiger charge is -2.14. The van der Waals surface area contributed by atoms with E-state index in [-0.39, 0.29) is 11.9 Å². The first-order valence-corrected chi connectivity index (χ1v) is 6.17. The number of benzene rings is 1. The first kappa shape index (κ1) is 13.7. The van der Waals surface area contributed by atoms with Crippen molar-refractivity contribution in [3.05, 3.63) is 35.9 Å². The van der Waals surface area contributed by atoms with Crippen LogP contribution in [0.25, 0.3) is 0 Å². The summed E-state index contributed by atoms with van der Waals surface area (Å²) in [6.07, 6.45) is 2.20. The van der Waals surface area contributed by atoms with E-state index in [1.165, 1.54) is 0 Å². The van der Waals surface area contributed by atoms with Crippen LogP contribution in [-0.4, -0.2) is 25.2 Å². The Labute approximate surface area is 103 Å². The normalized spacial score (nSPS) is 12.1. The largest absolute Gasteiger partial charge is 0.379 e. The molecule has 0 saturated heterocycles. The summed E-state index contributed by atoms with van der Waals surface area (Å²) in [5.74, 6) is -0.0443. The first-order valence-electron chi connectivity index (χ1n) is 6.17. The molecule has 1 aromatic carbocycles. The maximum absolute atomic E-state index is 11.8. The summed E-state index contributed by atoms with van der Waals surface area (Å²) in [5.41, 5.74) is 0.688. The van der Waals surface area contributed by atoms with Crippen molar-refractivity contribution in [2.24, 2.45) is 0 Å². The van der Waals surface area contributed by atoms with Crippen molar-refractivity contribution in [3.63, 3.8) is 0 Å². The van der Waals surface area contributed by atoms with Gasteiger partial charge in [0.25, 0.3) is 5.91 Å². The number of carbonyl (C=O) groups is 1. The van der Waals surface area contributed by atoms with Gasteiger partial charge in [-0.2, -0.15) is 0 Å². The second kappa shape index (κ2) is 7.85. The van der Waals surface area contributed by atoms with Gasteiger partial charge in [-0.05, 0) is 25.5 Å². The minimum Gasteiger partial charge on any atom is -0.379 e. The molecule has 0 fully saturated rings. The van der Waals surface area contributed by atoms with Crippen LogP contribution in [-0.2, 0) is 4.74 Å². The number of hydrogen-bond acceptors (Lipinski definition) is 2. The van der Waals surface area contributed by atoms with Crippen LogP contribution in [0.4, 0.5) is 0 Å². The highest BCUT2D eigenvalue weighted by Gasteiger charge is 2.08. The Hall–Kier alpha value is -1.35. The average molecular weight is 235 g/mol. The molecule has 0 aliphatic heterocycles. The molecule has 1 aromatic rings. The molecule has 0 aliphatic rings. The SMILES string of the molecule is CCCCOC[C@@H](C)NC(=O)c1ccccc1. The summed E-state index contributed by atoms with van der Waals surface area (Å²) in [5, 5.41) is 2.91. The topological polar surface area (TPSA) is 38.3 Å². The first-order chi connectivity index (χ1) is 8.24. The highest BCUT2D eigenvalue weighted by Crippen LogP contribution is 1.99. The third-order valence-electron chi connectivity index (χ3n) is 2.42. The molecule has 0 aromatic heterocycles. The number of carbonyl (C=O) groups excluding carboxylic acids is 1. The fraction of sp³-hybridized carbons (Fsp3) is 0.500. The smallest absolute Gasteiger partial charge is 0.251 e. The molecule has 3 heteroatoms. The second-order valence-electron chi connectivity index (χ2n) is 4.17. The molecule has 0 unspecified atom stereocenters. The van der Waals surface area contributed by atoms with Crippen LogP contribution in [0, 0.1) is 0 Å². The number of nitrogens with one attached hydrogen (secondary N) is 1. The summed E-state index contributed by atoms with van der Waals surface area (Å²) in [4.78, 5) is 11.8. The molecule has 17 heavy (non-hydrogen) atoms. The maximum atomic E-state index is 11.8. The van der Waals surface area contributed by atoms with Crippen molar-refractivity contribution in [1.82, 2.24) is 5.32 Å². The fourth-order valence-electron chi connectivity index (χ4n) is 1.44. The molecule has 1 N–H and O–H groups in total. The van der Waals surface area contributed by atoms with E-state index in [2.05, 4.69) is 12.2 Å². The predicted octanol–water partition coefficient (Wildman–Crippen LogP) is 2.62.